The minimum absolute atomic E-state index is 0.132. The zero-order chi connectivity index (χ0) is 15.1. The van der Waals surface area contributed by atoms with E-state index >= 15 is 0 Å². The highest BCUT2D eigenvalue weighted by Gasteiger charge is 2.17. The van der Waals surface area contributed by atoms with Gasteiger partial charge < -0.3 is 10.2 Å². The Kier molecular flexibility index (Phi) is 6.21. The van der Waals surface area contributed by atoms with Gasteiger partial charge in [-0.1, -0.05) is 30.3 Å². The number of carbonyl (C=O) groups is 1. The number of nitrogens with zero attached hydrogens (tertiary/aromatic N) is 2. The Morgan fingerprint density at radius 3 is 2.62 bits per heavy atom. The molecule has 116 valence electrons. The standard InChI is InChI=1S/C17H27N3O/c1-19-10-8-15(9-11-19)12-18-17(21)14-20(2)13-16-6-4-3-5-7-16/h3-7,15H,8-14H2,1-2H3,(H,18,21). The summed E-state index contributed by atoms with van der Waals surface area (Å²) in [4.78, 5) is 16.4. The average Bonchev–Trinajstić information content (AvgIpc) is 2.47. The Labute approximate surface area is 128 Å². The van der Waals surface area contributed by atoms with E-state index in [1.807, 2.05) is 25.2 Å². The topological polar surface area (TPSA) is 35.6 Å². The summed E-state index contributed by atoms with van der Waals surface area (Å²) in [6.45, 7) is 4.39. The molecule has 1 aliphatic rings. The summed E-state index contributed by atoms with van der Waals surface area (Å²) in [7, 11) is 4.15. The van der Waals surface area contributed by atoms with E-state index in [-0.39, 0.29) is 5.91 Å². The van der Waals surface area contributed by atoms with E-state index in [2.05, 4.69) is 34.3 Å². The number of likely N-dealkylation sites (N-methyl/N-ethyl adjacent to an activating group) is 1. The van der Waals surface area contributed by atoms with Gasteiger partial charge in [0.25, 0.3) is 0 Å². The zero-order valence-electron chi connectivity index (χ0n) is 13.2. The van der Waals surface area contributed by atoms with E-state index in [1.165, 1.54) is 18.4 Å². The Morgan fingerprint density at radius 1 is 1.29 bits per heavy atom. The molecule has 1 saturated heterocycles. The fourth-order valence-electron chi connectivity index (χ4n) is 2.78. The summed E-state index contributed by atoms with van der Waals surface area (Å²) in [5, 5.41) is 3.08. The minimum Gasteiger partial charge on any atom is -0.355 e. The molecule has 0 unspecified atom stereocenters. The smallest absolute Gasteiger partial charge is 0.234 e. The van der Waals surface area contributed by atoms with Gasteiger partial charge in [0.05, 0.1) is 6.54 Å². The quantitative estimate of drug-likeness (QED) is 0.863. The molecule has 0 spiro atoms. The van der Waals surface area contributed by atoms with Crippen molar-refractivity contribution in [3.05, 3.63) is 35.9 Å². The first-order valence-corrected chi connectivity index (χ1v) is 7.81. The molecule has 1 aromatic carbocycles. The van der Waals surface area contributed by atoms with Gasteiger partial charge in [0.2, 0.25) is 5.91 Å². The molecule has 0 radical (unpaired) electrons. The first kappa shape index (κ1) is 16.0. The lowest BCUT2D eigenvalue weighted by atomic mass is 9.97. The molecule has 0 bridgehead atoms. The first-order chi connectivity index (χ1) is 10.1. The van der Waals surface area contributed by atoms with E-state index in [1.54, 1.807) is 0 Å². The van der Waals surface area contributed by atoms with Crippen molar-refractivity contribution < 1.29 is 4.79 Å². The van der Waals surface area contributed by atoms with E-state index in [4.69, 9.17) is 0 Å². The van der Waals surface area contributed by atoms with Crippen LogP contribution in [-0.4, -0.2) is 56.0 Å². The van der Waals surface area contributed by atoms with E-state index in [9.17, 15) is 4.79 Å². The van der Waals surface area contributed by atoms with Gasteiger partial charge in [0, 0.05) is 13.1 Å². The number of rotatable bonds is 6. The first-order valence-electron chi connectivity index (χ1n) is 7.81. The van der Waals surface area contributed by atoms with Crippen molar-refractivity contribution in [2.24, 2.45) is 5.92 Å². The maximum Gasteiger partial charge on any atom is 0.234 e. The van der Waals surface area contributed by atoms with Crippen LogP contribution in [0.4, 0.5) is 0 Å². The normalized spacial score (nSPS) is 17.1. The molecule has 1 aliphatic heterocycles. The summed E-state index contributed by atoms with van der Waals surface area (Å²) in [5.74, 6) is 0.775. The summed E-state index contributed by atoms with van der Waals surface area (Å²) >= 11 is 0. The average molecular weight is 289 g/mol. The molecule has 2 rings (SSSR count). The molecule has 1 heterocycles. The lowest BCUT2D eigenvalue weighted by Gasteiger charge is -2.29. The lowest BCUT2D eigenvalue weighted by Crippen LogP contribution is -2.40. The minimum atomic E-state index is 0.132. The van der Waals surface area contributed by atoms with Crippen molar-refractivity contribution in [2.75, 3.05) is 40.3 Å². The lowest BCUT2D eigenvalue weighted by molar-refractivity contribution is -0.122. The molecule has 21 heavy (non-hydrogen) atoms. The van der Waals surface area contributed by atoms with Crippen molar-refractivity contribution in [3.8, 4) is 0 Å². The molecule has 0 atom stereocenters. The van der Waals surface area contributed by atoms with Gasteiger partial charge in [0.15, 0.2) is 0 Å². The van der Waals surface area contributed by atoms with Crippen molar-refractivity contribution in [1.82, 2.24) is 15.1 Å². The third-order valence-corrected chi connectivity index (χ3v) is 4.13. The van der Waals surface area contributed by atoms with Crippen LogP contribution in [0.1, 0.15) is 18.4 Å². The number of hydrogen-bond acceptors (Lipinski definition) is 3. The molecule has 1 amide bonds. The largest absolute Gasteiger partial charge is 0.355 e. The zero-order valence-corrected chi connectivity index (χ0v) is 13.2. The molecule has 0 aliphatic carbocycles. The molecule has 0 saturated carbocycles. The number of amides is 1. The monoisotopic (exact) mass is 289 g/mol. The summed E-state index contributed by atoms with van der Waals surface area (Å²) in [6, 6.07) is 10.3. The van der Waals surface area contributed by atoms with Gasteiger partial charge >= 0.3 is 0 Å². The molecule has 4 heteroatoms. The third kappa shape index (κ3) is 5.86. The van der Waals surface area contributed by atoms with Crippen LogP contribution in [0.3, 0.4) is 0 Å². The highest BCUT2D eigenvalue weighted by atomic mass is 16.2. The second-order valence-corrected chi connectivity index (χ2v) is 6.21. The van der Waals surface area contributed by atoms with Gasteiger partial charge in [-0.3, -0.25) is 9.69 Å². The Hall–Kier alpha value is -1.39. The van der Waals surface area contributed by atoms with Crippen LogP contribution in [0.2, 0.25) is 0 Å². The van der Waals surface area contributed by atoms with Crippen LogP contribution in [0.15, 0.2) is 30.3 Å². The number of benzene rings is 1. The molecular weight excluding hydrogens is 262 g/mol. The fourth-order valence-corrected chi connectivity index (χ4v) is 2.78. The van der Waals surface area contributed by atoms with E-state index < -0.39 is 0 Å². The van der Waals surface area contributed by atoms with Crippen LogP contribution < -0.4 is 5.32 Å². The molecule has 1 N–H and O–H groups in total. The number of hydrogen-bond donors (Lipinski definition) is 1. The van der Waals surface area contributed by atoms with Crippen LogP contribution >= 0.6 is 0 Å². The number of piperidine rings is 1. The predicted molar refractivity (Wildman–Crippen MR) is 86.0 cm³/mol. The van der Waals surface area contributed by atoms with Crippen molar-refractivity contribution in [3.63, 3.8) is 0 Å². The highest BCUT2D eigenvalue weighted by Crippen LogP contribution is 2.14. The van der Waals surface area contributed by atoms with E-state index in [0.29, 0.717) is 12.5 Å². The van der Waals surface area contributed by atoms with Gasteiger partial charge in [-0.2, -0.15) is 0 Å². The predicted octanol–water partition coefficient (Wildman–Crippen LogP) is 1.58. The number of likely N-dealkylation sites (tertiary alicyclic amines) is 1. The van der Waals surface area contributed by atoms with E-state index in [0.717, 1.165) is 26.2 Å². The SMILES string of the molecule is CN1CCC(CNC(=O)CN(C)Cc2ccccc2)CC1. The fraction of sp³-hybridized carbons (Fsp3) is 0.588. The number of nitrogens with one attached hydrogen (secondary N) is 1. The molecule has 1 fully saturated rings. The van der Waals surface area contributed by atoms with Crippen LogP contribution in [0.25, 0.3) is 0 Å². The Balaban J connectivity index is 1.64. The molecule has 1 aromatic rings. The van der Waals surface area contributed by atoms with Crippen molar-refractivity contribution in [1.29, 1.82) is 0 Å². The molecular formula is C17H27N3O. The van der Waals surface area contributed by atoms with Gasteiger partial charge in [-0.25, -0.2) is 0 Å². The number of carbonyl (C=O) groups excluding carboxylic acids is 1. The second kappa shape index (κ2) is 8.15. The van der Waals surface area contributed by atoms with Crippen LogP contribution in [0, 0.1) is 5.92 Å². The van der Waals surface area contributed by atoms with Gasteiger partial charge in [-0.15, -0.1) is 0 Å². The highest BCUT2D eigenvalue weighted by molar-refractivity contribution is 5.77. The Bertz CT molecular complexity index is 427. The van der Waals surface area contributed by atoms with Crippen molar-refractivity contribution >= 4 is 5.91 Å². The summed E-state index contributed by atoms with van der Waals surface area (Å²) in [6.07, 6.45) is 2.38. The third-order valence-electron chi connectivity index (χ3n) is 4.13. The van der Waals surface area contributed by atoms with Crippen molar-refractivity contribution in [2.45, 2.75) is 19.4 Å². The summed E-state index contributed by atoms with van der Waals surface area (Å²) in [5.41, 5.74) is 1.24. The van der Waals surface area contributed by atoms with Gasteiger partial charge in [0.1, 0.15) is 0 Å². The van der Waals surface area contributed by atoms with Gasteiger partial charge in [-0.05, 0) is 51.5 Å². The molecule has 4 nitrogen and oxygen atoms in total. The van der Waals surface area contributed by atoms with Crippen LogP contribution in [0.5, 0.6) is 0 Å². The second-order valence-electron chi connectivity index (χ2n) is 6.21. The summed E-state index contributed by atoms with van der Waals surface area (Å²) < 4.78 is 0. The van der Waals surface area contributed by atoms with Crippen LogP contribution in [-0.2, 0) is 11.3 Å². The maximum atomic E-state index is 12.0. The Morgan fingerprint density at radius 2 is 1.95 bits per heavy atom. The molecule has 0 aromatic heterocycles. The maximum absolute atomic E-state index is 12.0.